The predicted octanol–water partition coefficient (Wildman–Crippen LogP) is 6.40. The van der Waals surface area contributed by atoms with Crippen LogP contribution in [0.5, 0.6) is 0 Å². The van der Waals surface area contributed by atoms with Crippen LogP contribution in [-0.2, 0) is 4.74 Å². The van der Waals surface area contributed by atoms with E-state index >= 15 is 0 Å². The zero-order valence-corrected chi connectivity index (χ0v) is 16.1. The highest BCUT2D eigenvalue weighted by Crippen LogP contribution is 2.26. The van der Waals surface area contributed by atoms with Crippen LogP contribution in [0, 0.1) is 11.8 Å². The highest BCUT2D eigenvalue weighted by Gasteiger charge is 2.15. The first kappa shape index (κ1) is 20.2. The van der Waals surface area contributed by atoms with Gasteiger partial charge in [-0.3, -0.25) is 0 Å². The third kappa shape index (κ3) is 6.74. The van der Waals surface area contributed by atoms with Crippen LogP contribution in [0.3, 0.4) is 0 Å². The molecule has 2 unspecified atom stereocenters. The molecule has 0 amide bonds. The van der Waals surface area contributed by atoms with Crippen LogP contribution in [0.2, 0.25) is 0 Å². The topological polar surface area (TPSA) is 21.6 Å². The molecule has 0 saturated carbocycles. The van der Waals surface area contributed by atoms with Crippen LogP contribution in [0.1, 0.15) is 53.4 Å². The fraction of sp³-hybridized carbons (Fsp3) is 0.500. The summed E-state index contributed by atoms with van der Waals surface area (Å²) in [7, 11) is 1.67. The number of nitrogens with zero attached hydrogens (tertiary/aromatic N) is 1. The Bertz CT molecular complexity index is 575. The van der Waals surface area contributed by atoms with E-state index in [0.29, 0.717) is 17.7 Å². The molecule has 0 bridgehead atoms. The van der Waals surface area contributed by atoms with Crippen molar-refractivity contribution in [2.24, 2.45) is 16.8 Å². The monoisotopic (exact) mass is 327 g/mol. The Morgan fingerprint density at radius 2 is 1.96 bits per heavy atom. The lowest BCUT2D eigenvalue weighted by Gasteiger charge is -2.18. The van der Waals surface area contributed by atoms with E-state index in [2.05, 4.69) is 58.2 Å². The van der Waals surface area contributed by atoms with Crippen molar-refractivity contribution in [3.8, 4) is 0 Å². The summed E-state index contributed by atoms with van der Waals surface area (Å²) >= 11 is 0. The molecule has 0 fully saturated rings. The lowest BCUT2D eigenvalue weighted by atomic mass is 9.92. The SMILES string of the molecule is C=C(C)CCC(=C)C(=N/C1=C/C(C)/C=C(C)\C=C/C1CCC)OC. The summed E-state index contributed by atoms with van der Waals surface area (Å²) in [5.74, 6) is 1.32. The Balaban J connectivity index is 3.12. The van der Waals surface area contributed by atoms with Crippen molar-refractivity contribution in [1.82, 2.24) is 0 Å². The predicted molar refractivity (Wildman–Crippen MR) is 106 cm³/mol. The van der Waals surface area contributed by atoms with E-state index in [-0.39, 0.29) is 0 Å². The molecule has 0 aromatic rings. The van der Waals surface area contributed by atoms with E-state index in [1.165, 1.54) is 5.57 Å². The van der Waals surface area contributed by atoms with Crippen LogP contribution >= 0.6 is 0 Å². The maximum Gasteiger partial charge on any atom is 0.215 e. The van der Waals surface area contributed by atoms with Crippen molar-refractivity contribution < 1.29 is 4.74 Å². The zero-order chi connectivity index (χ0) is 18.1. The second-order valence-electron chi connectivity index (χ2n) is 6.80. The van der Waals surface area contributed by atoms with Crippen LogP contribution in [0.25, 0.3) is 0 Å². The summed E-state index contributed by atoms with van der Waals surface area (Å²) in [4.78, 5) is 4.85. The van der Waals surface area contributed by atoms with Gasteiger partial charge in [-0.1, -0.05) is 62.3 Å². The molecule has 0 spiro atoms. The van der Waals surface area contributed by atoms with Crippen LogP contribution < -0.4 is 0 Å². The number of allylic oxidation sites excluding steroid dienone is 6. The second kappa shape index (κ2) is 10.1. The molecule has 0 aromatic carbocycles. The number of rotatable bonds is 7. The fourth-order valence-corrected chi connectivity index (χ4v) is 2.81. The molecule has 2 atom stereocenters. The van der Waals surface area contributed by atoms with Gasteiger partial charge >= 0.3 is 0 Å². The molecule has 0 saturated heterocycles. The average molecular weight is 328 g/mol. The lowest BCUT2D eigenvalue weighted by Crippen LogP contribution is -2.10. The number of aliphatic imine (C=N–C) groups is 1. The van der Waals surface area contributed by atoms with E-state index in [9.17, 15) is 0 Å². The van der Waals surface area contributed by atoms with Gasteiger partial charge in [-0.05, 0) is 39.0 Å². The van der Waals surface area contributed by atoms with E-state index < -0.39 is 0 Å². The summed E-state index contributed by atoms with van der Waals surface area (Å²) in [6.45, 7) is 16.7. The molecule has 0 aromatic heterocycles. The highest BCUT2D eigenvalue weighted by atomic mass is 16.5. The summed E-state index contributed by atoms with van der Waals surface area (Å²) in [5, 5.41) is 0. The van der Waals surface area contributed by atoms with E-state index in [0.717, 1.165) is 42.5 Å². The van der Waals surface area contributed by atoms with Crippen LogP contribution in [0.15, 0.2) is 64.9 Å². The normalized spacial score (nSPS) is 27.1. The van der Waals surface area contributed by atoms with Crippen molar-refractivity contribution in [3.05, 3.63) is 59.9 Å². The van der Waals surface area contributed by atoms with Gasteiger partial charge < -0.3 is 4.74 Å². The minimum atomic E-state index is 0.320. The Hall–Kier alpha value is -1.83. The third-order valence-corrected chi connectivity index (χ3v) is 4.11. The minimum Gasteiger partial charge on any atom is -0.481 e. The maximum absolute atomic E-state index is 5.54. The fourth-order valence-electron chi connectivity index (χ4n) is 2.81. The smallest absolute Gasteiger partial charge is 0.215 e. The van der Waals surface area contributed by atoms with Gasteiger partial charge in [0.2, 0.25) is 5.90 Å². The first-order chi connectivity index (χ1) is 11.4. The number of ether oxygens (including phenoxy) is 1. The van der Waals surface area contributed by atoms with Crippen molar-refractivity contribution in [2.45, 2.75) is 53.4 Å². The maximum atomic E-state index is 5.54. The zero-order valence-electron chi connectivity index (χ0n) is 16.1. The molecule has 1 aliphatic carbocycles. The number of methoxy groups -OCH3 is 1. The largest absolute Gasteiger partial charge is 0.481 e. The van der Waals surface area contributed by atoms with E-state index in [4.69, 9.17) is 9.73 Å². The van der Waals surface area contributed by atoms with Gasteiger partial charge in [-0.15, -0.1) is 6.58 Å². The first-order valence-corrected chi connectivity index (χ1v) is 8.90. The standard InChI is InChI=1S/C22H33NO/c1-8-9-20-13-11-17(4)14-18(5)15-21(20)23-22(24-7)19(6)12-10-16(2)3/h11,13-15,18,20H,2,6,8-10,12H2,1,3-5,7H3/b13-11-,17-14-,21-15+,23-22?. The van der Waals surface area contributed by atoms with Gasteiger partial charge in [0, 0.05) is 17.2 Å². The first-order valence-electron chi connectivity index (χ1n) is 8.90. The minimum absolute atomic E-state index is 0.320. The highest BCUT2D eigenvalue weighted by molar-refractivity contribution is 5.93. The second-order valence-corrected chi connectivity index (χ2v) is 6.80. The van der Waals surface area contributed by atoms with Gasteiger partial charge in [0.05, 0.1) is 7.11 Å². The Morgan fingerprint density at radius 1 is 1.25 bits per heavy atom. The molecule has 132 valence electrons. The molecular formula is C22H33NO. The molecule has 1 rings (SSSR count). The molecule has 0 aliphatic heterocycles. The molecule has 2 heteroatoms. The Kier molecular flexibility index (Phi) is 8.53. The molecule has 0 N–H and O–H groups in total. The molecule has 0 radical (unpaired) electrons. The lowest BCUT2D eigenvalue weighted by molar-refractivity contribution is 0.400. The third-order valence-electron chi connectivity index (χ3n) is 4.11. The Morgan fingerprint density at radius 3 is 2.54 bits per heavy atom. The van der Waals surface area contributed by atoms with Crippen LogP contribution in [-0.4, -0.2) is 13.0 Å². The van der Waals surface area contributed by atoms with Crippen LogP contribution in [0.4, 0.5) is 0 Å². The van der Waals surface area contributed by atoms with E-state index in [1.807, 2.05) is 6.92 Å². The van der Waals surface area contributed by atoms with Crippen molar-refractivity contribution in [2.75, 3.05) is 7.11 Å². The quantitative estimate of drug-likeness (QED) is 0.301. The van der Waals surface area contributed by atoms with Gasteiger partial charge in [-0.2, -0.15) is 0 Å². The molecule has 0 heterocycles. The Labute approximate surface area is 148 Å². The van der Waals surface area contributed by atoms with E-state index in [1.54, 1.807) is 7.11 Å². The van der Waals surface area contributed by atoms with Crippen molar-refractivity contribution in [3.63, 3.8) is 0 Å². The van der Waals surface area contributed by atoms with Gasteiger partial charge in [0.25, 0.3) is 0 Å². The molecule has 24 heavy (non-hydrogen) atoms. The summed E-state index contributed by atoms with van der Waals surface area (Å²) in [6, 6.07) is 0. The number of hydrogen-bond acceptors (Lipinski definition) is 2. The summed E-state index contributed by atoms with van der Waals surface area (Å²) < 4.78 is 5.54. The van der Waals surface area contributed by atoms with Gasteiger partial charge in [0.15, 0.2) is 0 Å². The molecular weight excluding hydrogens is 294 g/mol. The van der Waals surface area contributed by atoms with Crippen molar-refractivity contribution in [1.29, 1.82) is 0 Å². The summed E-state index contributed by atoms with van der Waals surface area (Å²) in [5.41, 5.74) is 4.47. The van der Waals surface area contributed by atoms with Gasteiger partial charge in [0.1, 0.15) is 0 Å². The molecule has 1 aliphatic rings. The average Bonchev–Trinajstić information content (AvgIpc) is 2.51. The number of hydrogen-bond donors (Lipinski definition) is 0. The summed E-state index contributed by atoms with van der Waals surface area (Å²) in [6.07, 6.45) is 12.9. The van der Waals surface area contributed by atoms with Gasteiger partial charge in [-0.25, -0.2) is 4.99 Å². The van der Waals surface area contributed by atoms with Crippen molar-refractivity contribution >= 4 is 5.90 Å². The molecule has 2 nitrogen and oxygen atoms in total.